The van der Waals surface area contributed by atoms with E-state index in [9.17, 15) is 9.59 Å². The van der Waals surface area contributed by atoms with Gasteiger partial charge in [-0.1, -0.05) is 6.42 Å². The third-order valence-electron chi connectivity index (χ3n) is 4.54. The van der Waals surface area contributed by atoms with Gasteiger partial charge in [-0.15, -0.1) is 0 Å². The standard InChI is InChI=1S/C15H27N3O2/c16-8-7-14(19)17-11-13-6-1-2-9-18(13)15(20)10-12-4-3-5-12/h12-13H,1-11,16H2,(H,17,19). The third-order valence-corrected chi connectivity index (χ3v) is 4.54. The van der Waals surface area contributed by atoms with Crippen LogP contribution in [0.2, 0.25) is 0 Å². The molecule has 2 rings (SSSR count). The lowest BCUT2D eigenvalue weighted by Crippen LogP contribution is -2.50. The Bertz CT molecular complexity index is 342. The van der Waals surface area contributed by atoms with E-state index in [4.69, 9.17) is 5.73 Å². The second kappa shape index (κ2) is 7.62. The van der Waals surface area contributed by atoms with Crippen molar-refractivity contribution in [1.82, 2.24) is 10.2 Å². The summed E-state index contributed by atoms with van der Waals surface area (Å²) in [4.78, 5) is 25.9. The third kappa shape index (κ3) is 4.20. The van der Waals surface area contributed by atoms with E-state index in [1.165, 1.54) is 19.3 Å². The molecule has 1 atom stereocenters. The highest BCUT2D eigenvalue weighted by Crippen LogP contribution is 2.30. The van der Waals surface area contributed by atoms with E-state index >= 15 is 0 Å². The molecule has 1 saturated carbocycles. The summed E-state index contributed by atoms with van der Waals surface area (Å²) in [5, 5.41) is 2.91. The van der Waals surface area contributed by atoms with Gasteiger partial charge in [-0.05, 0) is 38.0 Å². The number of hydrogen-bond acceptors (Lipinski definition) is 3. The molecule has 2 fully saturated rings. The van der Waals surface area contributed by atoms with E-state index in [0.717, 1.165) is 25.8 Å². The summed E-state index contributed by atoms with van der Waals surface area (Å²) in [6.07, 6.45) is 7.98. The first kappa shape index (κ1) is 15.3. The van der Waals surface area contributed by atoms with E-state index < -0.39 is 0 Å². The summed E-state index contributed by atoms with van der Waals surface area (Å²) < 4.78 is 0. The van der Waals surface area contributed by atoms with Gasteiger partial charge in [0.15, 0.2) is 0 Å². The van der Waals surface area contributed by atoms with E-state index in [0.29, 0.717) is 31.8 Å². The quantitative estimate of drug-likeness (QED) is 0.763. The number of piperidine rings is 1. The monoisotopic (exact) mass is 281 g/mol. The predicted molar refractivity (Wildman–Crippen MR) is 78.0 cm³/mol. The van der Waals surface area contributed by atoms with Gasteiger partial charge in [-0.3, -0.25) is 9.59 Å². The van der Waals surface area contributed by atoms with Crippen molar-refractivity contribution < 1.29 is 9.59 Å². The van der Waals surface area contributed by atoms with Crippen molar-refractivity contribution in [3.63, 3.8) is 0 Å². The van der Waals surface area contributed by atoms with Gasteiger partial charge in [-0.2, -0.15) is 0 Å². The van der Waals surface area contributed by atoms with Crippen LogP contribution in [0.5, 0.6) is 0 Å². The van der Waals surface area contributed by atoms with Gasteiger partial charge >= 0.3 is 0 Å². The molecule has 2 aliphatic rings. The first-order chi connectivity index (χ1) is 9.70. The molecule has 0 spiro atoms. The molecule has 114 valence electrons. The van der Waals surface area contributed by atoms with Gasteiger partial charge < -0.3 is 16.0 Å². The summed E-state index contributed by atoms with van der Waals surface area (Å²) in [5.41, 5.74) is 5.36. The molecule has 3 N–H and O–H groups in total. The highest BCUT2D eigenvalue weighted by atomic mass is 16.2. The molecule has 1 aliphatic carbocycles. The summed E-state index contributed by atoms with van der Waals surface area (Å²) >= 11 is 0. The average molecular weight is 281 g/mol. The van der Waals surface area contributed by atoms with Crippen molar-refractivity contribution in [3.05, 3.63) is 0 Å². The average Bonchev–Trinajstić information content (AvgIpc) is 2.41. The molecule has 1 aliphatic heterocycles. The van der Waals surface area contributed by atoms with Crippen LogP contribution in [0.1, 0.15) is 51.4 Å². The van der Waals surface area contributed by atoms with Gasteiger partial charge in [-0.25, -0.2) is 0 Å². The van der Waals surface area contributed by atoms with Gasteiger partial charge in [0.1, 0.15) is 0 Å². The molecule has 1 heterocycles. The number of likely N-dealkylation sites (tertiary alicyclic amines) is 1. The molecule has 1 unspecified atom stereocenters. The minimum Gasteiger partial charge on any atom is -0.354 e. The molecule has 5 nitrogen and oxygen atoms in total. The summed E-state index contributed by atoms with van der Waals surface area (Å²) in [7, 11) is 0. The number of amides is 2. The number of nitrogens with two attached hydrogens (primary N) is 1. The van der Waals surface area contributed by atoms with Crippen LogP contribution in [0.3, 0.4) is 0 Å². The SMILES string of the molecule is NCCC(=O)NCC1CCCCN1C(=O)CC1CCC1. The van der Waals surface area contributed by atoms with E-state index in [1.54, 1.807) is 0 Å². The second-order valence-corrected chi connectivity index (χ2v) is 6.08. The molecular formula is C15H27N3O2. The van der Waals surface area contributed by atoms with Crippen molar-refractivity contribution in [2.24, 2.45) is 11.7 Å². The van der Waals surface area contributed by atoms with Crippen LogP contribution in [0.25, 0.3) is 0 Å². The second-order valence-electron chi connectivity index (χ2n) is 6.08. The van der Waals surface area contributed by atoms with Crippen LogP contribution < -0.4 is 11.1 Å². The summed E-state index contributed by atoms with van der Waals surface area (Å²) in [6, 6.07) is 0.179. The normalized spacial score (nSPS) is 23.2. The van der Waals surface area contributed by atoms with Crippen molar-refractivity contribution >= 4 is 11.8 Å². The zero-order chi connectivity index (χ0) is 14.4. The number of nitrogens with one attached hydrogen (secondary N) is 1. The maximum atomic E-state index is 12.4. The lowest BCUT2D eigenvalue weighted by Gasteiger charge is -2.37. The topological polar surface area (TPSA) is 75.4 Å². The lowest BCUT2D eigenvalue weighted by atomic mass is 9.82. The summed E-state index contributed by atoms with van der Waals surface area (Å²) in [5.74, 6) is 0.883. The summed E-state index contributed by atoms with van der Waals surface area (Å²) in [6.45, 7) is 1.80. The Kier molecular flexibility index (Phi) is 5.83. The van der Waals surface area contributed by atoms with E-state index in [1.807, 2.05) is 4.90 Å². The number of rotatable bonds is 6. The Morgan fingerprint density at radius 1 is 1.15 bits per heavy atom. The first-order valence-electron chi connectivity index (χ1n) is 7.97. The smallest absolute Gasteiger partial charge is 0.223 e. The van der Waals surface area contributed by atoms with Crippen LogP contribution in [0.4, 0.5) is 0 Å². The van der Waals surface area contributed by atoms with Crippen LogP contribution in [-0.4, -0.2) is 42.4 Å². The maximum absolute atomic E-state index is 12.4. The molecule has 1 saturated heterocycles. The van der Waals surface area contributed by atoms with E-state index in [2.05, 4.69) is 5.32 Å². The highest BCUT2D eigenvalue weighted by molar-refractivity contribution is 5.78. The molecule has 5 heteroatoms. The highest BCUT2D eigenvalue weighted by Gasteiger charge is 2.29. The van der Waals surface area contributed by atoms with E-state index in [-0.39, 0.29) is 17.9 Å². The van der Waals surface area contributed by atoms with Crippen molar-refractivity contribution in [3.8, 4) is 0 Å². The van der Waals surface area contributed by atoms with Crippen molar-refractivity contribution in [2.45, 2.75) is 57.4 Å². The van der Waals surface area contributed by atoms with Gasteiger partial charge in [0.2, 0.25) is 11.8 Å². The molecule has 0 aromatic carbocycles. The zero-order valence-corrected chi connectivity index (χ0v) is 12.3. The number of carbonyl (C=O) groups excluding carboxylic acids is 2. The molecule has 20 heavy (non-hydrogen) atoms. The van der Waals surface area contributed by atoms with Gasteiger partial charge in [0, 0.05) is 38.5 Å². The molecule has 0 aromatic heterocycles. The Hall–Kier alpha value is -1.10. The first-order valence-corrected chi connectivity index (χ1v) is 7.97. The number of carbonyl (C=O) groups is 2. The van der Waals surface area contributed by atoms with Crippen molar-refractivity contribution in [2.75, 3.05) is 19.6 Å². The Morgan fingerprint density at radius 3 is 2.60 bits per heavy atom. The Morgan fingerprint density at radius 2 is 1.95 bits per heavy atom. The minimum absolute atomic E-state index is 0.00975. The maximum Gasteiger partial charge on any atom is 0.223 e. The predicted octanol–water partition coefficient (Wildman–Crippen LogP) is 1.02. The van der Waals surface area contributed by atoms with Crippen LogP contribution in [-0.2, 0) is 9.59 Å². The van der Waals surface area contributed by atoms with Gasteiger partial charge in [0.25, 0.3) is 0 Å². The molecule has 0 radical (unpaired) electrons. The van der Waals surface area contributed by atoms with Crippen LogP contribution in [0.15, 0.2) is 0 Å². The van der Waals surface area contributed by atoms with Crippen molar-refractivity contribution in [1.29, 1.82) is 0 Å². The number of hydrogen-bond donors (Lipinski definition) is 2. The molecular weight excluding hydrogens is 254 g/mol. The minimum atomic E-state index is -0.00975. The fraction of sp³-hybridized carbons (Fsp3) is 0.867. The van der Waals surface area contributed by atoms with Gasteiger partial charge in [0.05, 0.1) is 0 Å². The fourth-order valence-electron chi connectivity index (χ4n) is 3.05. The Balaban J connectivity index is 1.80. The molecule has 0 aromatic rings. The molecule has 2 amide bonds. The number of nitrogens with zero attached hydrogens (tertiary/aromatic N) is 1. The van der Waals surface area contributed by atoms with Crippen LogP contribution >= 0.6 is 0 Å². The van der Waals surface area contributed by atoms with Crippen LogP contribution in [0, 0.1) is 5.92 Å². The largest absolute Gasteiger partial charge is 0.354 e. The Labute approximate surface area is 121 Å². The lowest BCUT2D eigenvalue weighted by molar-refractivity contribution is -0.137. The fourth-order valence-corrected chi connectivity index (χ4v) is 3.05. The zero-order valence-electron chi connectivity index (χ0n) is 12.3. The molecule has 0 bridgehead atoms.